The number of thioether (sulfide) groups is 1. The average Bonchev–Trinajstić information content (AvgIpc) is 3.16. The van der Waals surface area contributed by atoms with Crippen molar-refractivity contribution in [2.45, 2.75) is 25.0 Å². The van der Waals surface area contributed by atoms with E-state index in [4.69, 9.17) is 4.74 Å². The highest BCUT2D eigenvalue weighted by molar-refractivity contribution is 7.99. The molecule has 3 rings (SSSR count). The second-order valence-electron chi connectivity index (χ2n) is 7.50. The number of amides is 2. The number of carbonyl (C=O) groups is 2. The second kappa shape index (κ2) is 10.8. The van der Waals surface area contributed by atoms with Crippen molar-refractivity contribution in [2.75, 3.05) is 18.2 Å². The van der Waals surface area contributed by atoms with Crippen molar-refractivity contribution in [3.05, 3.63) is 66.0 Å². The summed E-state index contributed by atoms with van der Waals surface area (Å²) in [6, 6.07) is 16.0. The predicted molar refractivity (Wildman–Crippen MR) is 125 cm³/mol. The molecule has 168 valence electrons. The van der Waals surface area contributed by atoms with Crippen LogP contribution in [0.5, 0.6) is 5.75 Å². The molecule has 0 aliphatic heterocycles. The van der Waals surface area contributed by atoms with E-state index in [-0.39, 0.29) is 29.5 Å². The van der Waals surface area contributed by atoms with Gasteiger partial charge >= 0.3 is 0 Å². The first kappa shape index (κ1) is 23.3. The van der Waals surface area contributed by atoms with Gasteiger partial charge in [0.05, 0.1) is 24.6 Å². The summed E-state index contributed by atoms with van der Waals surface area (Å²) in [7, 11) is 3.39. The molecule has 8 nitrogen and oxygen atoms in total. The predicted octanol–water partition coefficient (Wildman–Crippen LogP) is 3.68. The molecule has 0 aliphatic rings. The highest BCUT2D eigenvalue weighted by Gasteiger charge is 2.25. The zero-order valence-electron chi connectivity index (χ0n) is 18.5. The number of para-hydroxylation sites is 2. The fraction of sp³-hybridized carbons (Fsp3) is 0.304. The van der Waals surface area contributed by atoms with Gasteiger partial charge in [-0.1, -0.05) is 55.9 Å². The van der Waals surface area contributed by atoms with E-state index in [2.05, 4.69) is 20.8 Å². The Labute approximate surface area is 191 Å². The fourth-order valence-electron chi connectivity index (χ4n) is 3.13. The Morgan fingerprint density at radius 3 is 2.44 bits per heavy atom. The van der Waals surface area contributed by atoms with E-state index in [0.29, 0.717) is 28.0 Å². The Hall–Kier alpha value is -3.33. The molecule has 0 aliphatic carbocycles. The van der Waals surface area contributed by atoms with Crippen LogP contribution in [0, 0.1) is 5.92 Å². The highest BCUT2D eigenvalue weighted by Crippen LogP contribution is 2.26. The molecule has 0 fully saturated rings. The maximum atomic E-state index is 12.7. The number of aromatic nitrogens is 3. The maximum absolute atomic E-state index is 12.7. The van der Waals surface area contributed by atoms with Crippen molar-refractivity contribution in [3.63, 3.8) is 0 Å². The summed E-state index contributed by atoms with van der Waals surface area (Å²) in [5.41, 5.74) is 1.20. The Bertz CT molecular complexity index is 1070. The molecule has 0 spiro atoms. The lowest BCUT2D eigenvalue weighted by molar-refractivity contribution is -0.113. The normalized spacial score (nSPS) is 11.8. The van der Waals surface area contributed by atoms with Crippen LogP contribution in [-0.4, -0.2) is 39.4 Å². The first-order chi connectivity index (χ1) is 15.4. The first-order valence-corrected chi connectivity index (χ1v) is 11.2. The van der Waals surface area contributed by atoms with E-state index >= 15 is 0 Å². The van der Waals surface area contributed by atoms with E-state index in [1.165, 1.54) is 11.8 Å². The van der Waals surface area contributed by atoms with Crippen LogP contribution in [0.25, 0.3) is 0 Å². The number of carbonyl (C=O) groups excluding carboxylic acids is 2. The zero-order chi connectivity index (χ0) is 23.1. The molecule has 2 aromatic carbocycles. The Balaban J connectivity index is 1.66. The van der Waals surface area contributed by atoms with Gasteiger partial charge in [0.1, 0.15) is 5.75 Å². The molecular weight excluding hydrogens is 426 g/mol. The van der Waals surface area contributed by atoms with Gasteiger partial charge in [-0.2, -0.15) is 0 Å². The van der Waals surface area contributed by atoms with Gasteiger partial charge in [-0.25, -0.2) is 0 Å². The minimum absolute atomic E-state index is 0.0947. The number of rotatable bonds is 9. The van der Waals surface area contributed by atoms with Gasteiger partial charge in [-0.3, -0.25) is 9.59 Å². The van der Waals surface area contributed by atoms with Crippen molar-refractivity contribution >= 4 is 29.3 Å². The Morgan fingerprint density at radius 2 is 1.75 bits per heavy atom. The monoisotopic (exact) mass is 453 g/mol. The number of nitrogens with zero attached hydrogens (tertiary/aromatic N) is 3. The van der Waals surface area contributed by atoms with Gasteiger partial charge in [-0.05, 0) is 30.2 Å². The van der Waals surface area contributed by atoms with Gasteiger partial charge in [0, 0.05) is 12.6 Å². The molecular formula is C23H27N5O3S. The summed E-state index contributed by atoms with van der Waals surface area (Å²) in [6.07, 6.45) is 0. The fourth-order valence-corrected chi connectivity index (χ4v) is 3.85. The molecule has 0 bridgehead atoms. The molecule has 2 N–H and O–H groups in total. The van der Waals surface area contributed by atoms with Gasteiger partial charge in [-0.15, -0.1) is 10.2 Å². The van der Waals surface area contributed by atoms with Crippen LogP contribution < -0.4 is 15.4 Å². The summed E-state index contributed by atoms with van der Waals surface area (Å²) in [5.74, 6) is 1.14. The molecule has 9 heteroatoms. The number of hydrogen-bond acceptors (Lipinski definition) is 6. The molecule has 1 aromatic heterocycles. The molecule has 0 radical (unpaired) electrons. The summed E-state index contributed by atoms with van der Waals surface area (Å²) in [6.45, 7) is 4.02. The zero-order valence-corrected chi connectivity index (χ0v) is 19.3. The first-order valence-electron chi connectivity index (χ1n) is 10.2. The highest BCUT2D eigenvalue weighted by atomic mass is 32.2. The number of hydrogen-bond donors (Lipinski definition) is 2. The third-order valence-corrected chi connectivity index (χ3v) is 5.87. The standard InChI is InChI=1S/C23H27N5O3S/c1-15(2)20(25-22(30)16-10-6-5-7-11-16)21-26-27-23(28(21)3)32-14-19(29)24-17-12-8-9-13-18(17)31-4/h5-13,15,20H,14H2,1-4H3,(H,24,29)(H,25,30). The summed E-state index contributed by atoms with van der Waals surface area (Å²) >= 11 is 1.28. The van der Waals surface area contributed by atoms with Crippen LogP contribution in [0.15, 0.2) is 59.8 Å². The van der Waals surface area contributed by atoms with Crippen molar-refractivity contribution in [2.24, 2.45) is 13.0 Å². The lowest BCUT2D eigenvalue weighted by atomic mass is 10.0. The topological polar surface area (TPSA) is 98.1 Å². The van der Waals surface area contributed by atoms with Crippen molar-refractivity contribution in [3.8, 4) is 5.75 Å². The van der Waals surface area contributed by atoms with Gasteiger partial charge in [0.2, 0.25) is 5.91 Å². The summed E-state index contributed by atoms with van der Waals surface area (Å²) < 4.78 is 7.08. The molecule has 1 unspecified atom stereocenters. The number of nitrogens with one attached hydrogen (secondary N) is 2. The lowest BCUT2D eigenvalue weighted by Gasteiger charge is -2.21. The van der Waals surface area contributed by atoms with Crippen LogP contribution >= 0.6 is 11.8 Å². The van der Waals surface area contributed by atoms with Crippen LogP contribution in [0.4, 0.5) is 5.69 Å². The number of ether oxygens (including phenoxy) is 1. The van der Waals surface area contributed by atoms with Gasteiger partial charge in [0.15, 0.2) is 11.0 Å². The molecule has 1 heterocycles. The minimum atomic E-state index is -0.322. The Morgan fingerprint density at radius 1 is 1.06 bits per heavy atom. The van der Waals surface area contributed by atoms with Crippen LogP contribution in [0.3, 0.4) is 0 Å². The Kier molecular flexibility index (Phi) is 7.88. The molecule has 32 heavy (non-hydrogen) atoms. The molecule has 2 amide bonds. The third kappa shape index (κ3) is 5.67. The van der Waals surface area contributed by atoms with Crippen molar-refractivity contribution < 1.29 is 14.3 Å². The SMILES string of the molecule is COc1ccccc1NC(=O)CSc1nnc(C(NC(=O)c2ccccc2)C(C)C)n1C. The number of anilines is 1. The smallest absolute Gasteiger partial charge is 0.251 e. The number of benzene rings is 2. The van der Waals surface area contributed by atoms with E-state index in [1.807, 2.05) is 55.8 Å². The quantitative estimate of drug-likeness (QED) is 0.480. The van der Waals surface area contributed by atoms with E-state index < -0.39 is 0 Å². The largest absolute Gasteiger partial charge is 0.495 e. The average molecular weight is 454 g/mol. The van der Waals surface area contributed by atoms with Crippen LogP contribution in [0.2, 0.25) is 0 Å². The molecule has 0 saturated heterocycles. The van der Waals surface area contributed by atoms with Crippen LogP contribution in [0.1, 0.15) is 36.1 Å². The second-order valence-corrected chi connectivity index (χ2v) is 8.44. The number of methoxy groups -OCH3 is 1. The van der Waals surface area contributed by atoms with E-state index in [1.54, 1.807) is 31.4 Å². The van der Waals surface area contributed by atoms with Crippen molar-refractivity contribution in [1.82, 2.24) is 20.1 Å². The summed E-state index contributed by atoms with van der Waals surface area (Å²) in [5, 5.41) is 15.0. The molecule has 1 atom stereocenters. The van der Waals surface area contributed by atoms with E-state index in [9.17, 15) is 9.59 Å². The van der Waals surface area contributed by atoms with Gasteiger partial charge in [0.25, 0.3) is 5.91 Å². The molecule has 0 saturated carbocycles. The molecule has 3 aromatic rings. The minimum Gasteiger partial charge on any atom is -0.495 e. The maximum Gasteiger partial charge on any atom is 0.251 e. The van der Waals surface area contributed by atoms with Crippen molar-refractivity contribution in [1.29, 1.82) is 0 Å². The lowest BCUT2D eigenvalue weighted by Crippen LogP contribution is -2.33. The third-order valence-electron chi connectivity index (χ3n) is 4.85. The van der Waals surface area contributed by atoms with Gasteiger partial charge < -0.3 is 19.9 Å². The van der Waals surface area contributed by atoms with E-state index in [0.717, 1.165) is 0 Å². The summed E-state index contributed by atoms with van der Waals surface area (Å²) in [4.78, 5) is 25.1. The van der Waals surface area contributed by atoms with Crippen LogP contribution in [-0.2, 0) is 11.8 Å².